The second kappa shape index (κ2) is 11.9. The van der Waals surface area contributed by atoms with Crippen LogP contribution in [-0.2, 0) is 27.3 Å². The number of nitrogens with one attached hydrogen (secondary N) is 1. The number of allylic oxidation sites excluding steroid dienone is 2. The summed E-state index contributed by atoms with van der Waals surface area (Å²) in [4.78, 5) is 38.5. The Kier molecular flexibility index (Phi) is 8.92. The van der Waals surface area contributed by atoms with Crippen molar-refractivity contribution in [3.63, 3.8) is 0 Å². The summed E-state index contributed by atoms with van der Waals surface area (Å²) in [5.74, 6) is -0.143. The normalized spacial score (nSPS) is 16.1. The Balaban J connectivity index is 1.63. The fourth-order valence-electron chi connectivity index (χ4n) is 4.54. The van der Waals surface area contributed by atoms with E-state index in [0.717, 1.165) is 30.8 Å². The van der Waals surface area contributed by atoms with E-state index in [1.54, 1.807) is 7.11 Å². The Hall–Kier alpha value is -3.07. The van der Waals surface area contributed by atoms with Crippen LogP contribution < -0.4 is 15.8 Å². The summed E-state index contributed by atoms with van der Waals surface area (Å²) in [5, 5.41) is 2.58. The van der Waals surface area contributed by atoms with Gasteiger partial charge < -0.3 is 25.3 Å². The van der Waals surface area contributed by atoms with Gasteiger partial charge in [-0.3, -0.25) is 9.69 Å². The first kappa shape index (κ1) is 25.6. The van der Waals surface area contributed by atoms with Gasteiger partial charge >= 0.3 is 18.0 Å². The average molecular weight is 474 g/mol. The molecule has 186 valence electrons. The second-order valence-corrected chi connectivity index (χ2v) is 8.81. The number of nitrogens with zero attached hydrogens (tertiary/aromatic N) is 1. The molecule has 3 N–H and O–H groups in total. The van der Waals surface area contributed by atoms with E-state index in [9.17, 15) is 14.4 Å². The van der Waals surface area contributed by atoms with Gasteiger partial charge in [-0.2, -0.15) is 0 Å². The number of esters is 2. The largest absolute Gasteiger partial charge is 0.496 e. The minimum absolute atomic E-state index is 0.124. The molecular weight excluding hydrogens is 438 g/mol. The van der Waals surface area contributed by atoms with E-state index in [1.807, 2.05) is 19.9 Å². The van der Waals surface area contributed by atoms with Gasteiger partial charge in [0.15, 0.2) is 0 Å². The van der Waals surface area contributed by atoms with Crippen LogP contribution in [0.1, 0.15) is 66.1 Å². The lowest BCUT2D eigenvalue weighted by Gasteiger charge is -2.25. The second-order valence-electron chi connectivity index (χ2n) is 8.81. The molecule has 1 aromatic rings. The molecule has 3 rings (SSSR count). The summed E-state index contributed by atoms with van der Waals surface area (Å²) >= 11 is 0. The lowest BCUT2D eigenvalue weighted by Crippen LogP contribution is -2.33. The van der Waals surface area contributed by atoms with E-state index < -0.39 is 12.0 Å². The van der Waals surface area contributed by atoms with Crippen molar-refractivity contribution in [2.45, 2.75) is 59.0 Å². The van der Waals surface area contributed by atoms with E-state index in [1.165, 1.54) is 19.3 Å². The Morgan fingerprint density at radius 3 is 2.62 bits per heavy atom. The number of cyclic esters (lactones) is 1. The molecule has 9 heteroatoms. The number of primary amides is 1. The molecule has 0 spiro atoms. The van der Waals surface area contributed by atoms with Crippen LogP contribution >= 0.6 is 0 Å². The van der Waals surface area contributed by atoms with Crippen molar-refractivity contribution in [3.8, 4) is 5.75 Å². The zero-order valence-electron chi connectivity index (χ0n) is 20.3. The van der Waals surface area contributed by atoms with Gasteiger partial charge in [0.25, 0.3) is 0 Å². The lowest BCUT2D eigenvalue weighted by atomic mass is 9.93. The summed E-state index contributed by atoms with van der Waals surface area (Å²) < 4.78 is 16.2. The van der Waals surface area contributed by atoms with Crippen LogP contribution in [0.3, 0.4) is 0 Å². The molecule has 0 aromatic heterocycles. The number of ether oxygens (including phenoxy) is 3. The molecule has 0 unspecified atom stereocenters. The Morgan fingerprint density at radius 2 is 1.94 bits per heavy atom. The van der Waals surface area contributed by atoms with E-state index in [4.69, 9.17) is 19.9 Å². The number of nitrogens with two attached hydrogens (primary N) is 1. The van der Waals surface area contributed by atoms with Crippen molar-refractivity contribution < 1.29 is 28.6 Å². The highest BCUT2D eigenvalue weighted by Crippen LogP contribution is 2.41. The van der Waals surface area contributed by atoms with Crippen LogP contribution in [0.5, 0.6) is 5.75 Å². The van der Waals surface area contributed by atoms with Crippen LogP contribution in [0, 0.1) is 6.92 Å². The molecule has 2 aliphatic heterocycles. The molecule has 34 heavy (non-hydrogen) atoms. The van der Waals surface area contributed by atoms with Gasteiger partial charge in [0.1, 0.15) is 19.0 Å². The highest BCUT2D eigenvalue weighted by molar-refractivity contribution is 6.05. The fourth-order valence-corrected chi connectivity index (χ4v) is 4.54. The number of carbonyl (C=O) groups excluding carboxylic acids is 3. The van der Waals surface area contributed by atoms with Crippen LogP contribution in [0.2, 0.25) is 0 Å². The molecule has 0 radical (unpaired) electrons. The molecule has 9 nitrogen and oxygen atoms in total. The van der Waals surface area contributed by atoms with Gasteiger partial charge in [0, 0.05) is 24.1 Å². The fraction of sp³-hybridized carbons (Fsp3) is 0.560. The number of methoxy groups -OCH3 is 1. The third-order valence-electron chi connectivity index (χ3n) is 6.42. The number of urea groups is 1. The minimum Gasteiger partial charge on any atom is -0.496 e. The molecule has 0 saturated carbocycles. The zero-order valence-corrected chi connectivity index (χ0v) is 20.3. The Bertz CT molecular complexity index is 966. The molecular formula is C25H35N3O6. The number of rotatable bonds is 10. The summed E-state index contributed by atoms with van der Waals surface area (Å²) in [6, 6.07) is -0.776. The standard InChI is InChI=1S/C25H35N3O6/c1-16(8-10-20(29)33-14-13-28-11-5-4-6-12-28)7-9-18-22(27-25(26)31)21-19(15-34-24(21)30)17(2)23(18)32-3/h7H,4-6,8-15H2,1-3H3,(H3,26,27,31)/b16-7+. The Morgan fingerprint density at radius 1 is 1.21 bits per heavy atom. The number of hydrogen-bond acceptors (Lipinski definition) is 7. The van der Waals surface area contributed by atoms with Crippen LogP contribution in [-0.4, -0.2) is 56.2 Å². The maximum atomic E-state index is 12.3. The van der Waals surface area contributed by atoms with Gasteiger partial charge in [-0.15, -0.1) is 0 Å². The SMILES string of the molecule is COc1c(C)c2c(c(NC(N)=O)c1C/C=C(\C)CCC(=O)OCCN1CCCCC1)C(=O)OC2. The monoisotopic (exact) mass is 473 g/mol. The average Bonchev–Trinajstić information content (AvgIpc) is 3.20. The van der Waals surface area contributed by atoms with Gasteiger partial charge in [-0.05, 0) is 58.2 Å². The van der Waals surface area contributed by atoms with Gasteiger partial charge in [0.05, 0.1) is 18.4 Å². The first-order chi connectivity index (χ1) is 16.3. The smallest absolute Gasteiger partial charge is 0.341 e. The van der Waals surface area contributed by atoms with Gasteiger partial charge in [-0.1, -0.05) is 18.1 Å². The van der Waals surface area contributed by atoms with E-state index in [0.29, 0.717) is 54.0 Å². The molecule has 0 atom stereocenters. The maximum Gasteiger partial charge on any atom is 0.341 e. The molecule has 0 bridgehead atoms. The van der Waals surface area contributed by atoms with Crippen LogP contribution in [0.4, 0.5) is 10.5 Å². The molecule has 1 aromatic carbocycles. The zero-order chi connectivity index (χ0) is 24.7. The minimum atomic E-state index is -0.776. The number of likely N-dealkylation sites (tertiary alicyclic amines) is 1. The van der Waals surface area contributed by atoms with Crippen molar-refractivity contribution in [1.82, 2.24) is 4.90 Å². The van der Waals surface area contributed by atoms with Crippen molar-refractivity contribution >= 4 is 23.7 Å². The van der Waals surface area contributed by atoms with Crippen molar-refractivity contribution in [3.05, 3.63) is 33.9 Å². The van der Waals surface area contributed by atoms with Crippen LogP contribution in [0.25, 0.3) is 0 Å². The van der Waals surface area contributed by atoms with Gasteiger partial charge in [0.2, 0.25) is 0 Å². The number of piperidine rings is 1. The third kappa shape index (κ3) is 6.28. The number of fused-ring (bicyclic) bond motifs is 1. The van der Waals surface area contributed by atoms with E-state index >= 15 is 0 Å². The van der Waals surface area contributed by atoms with Crippen molar-refractivity contribution in [2.75, 3.05) is 38.7 Å². The molecule has 2 amide bonds. The molecule has 1 saturated heterocycles. The number of hydrogen-bond donors (Lipinski definition) is 2. The number of anilines is 1. The van der Waals surface area contributed by atoms with E-state index in [2.05, 4.69) is 10.2 Å². The van der Waals surface area contributed by atoms with Crippen LogP contribution in [0.15, 0.2) is 11.6 Å². The maximum absolute atomic E-state index is 12.3. The number of benzene rings is 1. The predicted molar refractivity (Wildman–Crippen MR) is 128 cm³/mol. The summed E-state index contributed by atoms with van der Waals surface area (Å²) in [6.07, 6.45) is 6.89. The first-order valence-corrected chi connectivity index (χ1v) is 11.8. The topological polar surface area (TPSA) is 120 Å². The third-order valence-corrected chi connectivity index (χ3v) is 6.42. The highest BCUT2D eigenvalue weighted by atomic mass is 16.5. The summed E-state index contributed by atoms with van der Waals surface area (Å²) in [6.45, 7) is 7.28. The molecule has 0 aliphatic carbocycles. The highest BCUT2D eigenvalue weighted by Gasteiger charge is 2.32. The van der Waals surface area contributed by atoms with Crippen molar-refractivity contribution in [1.29, 1.82) is 0 Å². The Labute approximate surface area is 200 Å². The predicted octanol–water partition coefficient (Wildman–Crippen LogP) is 3.46. The quantitative estimate of drug-likeness (QED) is 0.394. The van der Waals surface area contributed by atoms with Crippen molar-refractivity contribution in [2.24, 2.45) is 5.73 Å². The van der Waals surface area contributed by atoms with Gasteiger partial charge in [-0.25, -0.2) is 9.59 Å². The molecule has 2 aliphatic rings. The molecule has 1 fully saturated rings. The number of carbonyl (C=O) groups is 3. The summed E-state index contributed by atoms with van der Waals surface area (Å²) in [5.41, 5.74) is 9.10. The van der Waals surface area contributed by atoms with E-state index in [-0.39, 0.29) is 12.6 Å². The number of amides is 2. The summed E-state index contributed by atoms with van der Waals surface area (Å²) in [7, 11) is 1.54. The molecule has 2 heterocycles. The lowest BCUT2D eigenvalue weighted by molar-refractivity contribution is -0.144. The first-order valence-electron chi connectivity index (χ1n) is 11.8.